The summed E-state index contributed by atoms with van der Waals surface area (Å²) in [4.78, 5) is 17.0. The number of fused-ring (bicyclic) bond motifs is 3. The highest BCUT2D eigenvalue weighted by Gasteiger charge is 2.48. The molecule has 2 saturated heterocycles. The van der Waals surface area contributed by atoms with Gasteiger partial charge in [0.25, 0.3) is 5.56 Å². The van der Waals surface area contributed by atoms with Crippen LogP contribution in [0.2, 0.25) is 0 Å². The minimum Gasteiger partial charge on any atom is -0.461 e. The molecule has 2 aliphatic heterocycles. The van der Waals surface area contributed by atoms with Crippen molar-refractivity contribution in [3.05, 3.63) is 52.9 Å². The maximum absolute atomic E-state index is 12.7. The summed E-state index contributed by atoms with van der Waals surface area (Å²) in [6.45, 7) is -1.15. The first kappa shape index (κ1) is 27.2. The number of aromatic nitrogens is 2. The molecule has 3 aromatic heterocycles. The zero-order valence-corrected chi connectivity index (χ0v) is 20.8. The SMILES string of the molecule is O=c1ccc2nccc3c4c(O[C@@H]5O[C@H](CO[C@@H]6O[C@H](CO)[C@@H](O)[C@H](O)[C@H]6O)[C@@H](O)[C@H](O)[C@H]5O)cccc4n1c23. The molecule has 2 aliphatic rings. The second kappa shape index (κ2) is 10.4. The van der Waals surface area contributed by atoms with Crippen molar-refractivity contribution in [2.24, 2.45) is 0 Å². The lowest BCUT2D eigenvalue weighted by Gasteiger charge is -2.42. The lowest BCUT2D eigenvalue weighted by molar-refractivity contribution is -0.323. The zero-order valence-electron chi connectivity index (χ0n) is 20.8. The van der Waals surface area contributed by atoms with E-state index in [-0.39, 0.29) is 11.3 Å². The fourth-order valence-electron chi connectivity index (χ4n) is 5.35. The number of benzene rings is 1. The number of hydrogen-bond donors (Lipinski definition) is 7. The van der Waals surface area contributed by atoms with E-state index in [1.807, 2.05) is 0 Å². The Morgan fingerprint density at radius 1 is 0.825 bits per heavy atom. The van der Waals surface area contributed by atoms with Crippen molar-refractivity contribution in [2.75, 3.05) is 13.2 Å². The smallest absolute Gasteiger partial charge is 0.255 e. The number of rotatable bonds is 6. The Morgan fingerprint density at radius 2 is 1.52 bits per heavy atom. The summed E-state index contributed by atoms with van der Waals surface area (Å²) < 4.78 is 24.1. The van der Waals surface area contributed by atoms with E-state index in [0.29, 0.717) is 27.3 Å². The van der Waals surface area contributed by atoms with Crippen LogP contribution in [0, 0.1) is 0 Å². The van der Waals surface area contributed by atoms with E-state index in [1.54, 1.807) is 36.5 Å². The van der Waals surface area contributed by atoms with Crippen molar-refractivity contribution in [3.63, 3.8) is 0 Å². The van der Waals surface area contributed by atoms with E-state index in [1.165, 1.54) is 10.5 Å². The van der Waals surface area contributed by atoms with Gasteiger partial charge in [0, 0.05) is 17.6 Å². The van der Waals surface area contributed by atoms with E-state index in [9.17, 15) is 40.5 Å². The fourth-order valence-corrected chi connectivity index (χ4v) is 5.35. The van der Waals surface area contributed by atoms with Gasteiger partial charge in [-0.15, -0.1) is 0 Å². The molecule has 14 heteroatoms. The van der Waals surface area contributed by atoms with Gasteiger partial charge in [0.2, 0.25) is 6.29 Å². The van der Waals surface area contributed by atoms with E-state index < -0.39 is 74.6 Å². The van der Waals surface area contributed by atoms with Gasteiger partial charge < -0.3 is 54.7 Å². The molecule has 4 aromatic rings. The van der Waals surface area contributed by atoms with Crippen LogP contribution in [0.3, 0.4) is 0 Å². The van der Waals surface area contributed by atoms with Crippen molar-refractivity contribution < 1.29 is 54.7 Å². The third kappa shape index (κ3) is 4.29. The zero-order chi connectivity index (χ0) is 28.3. The second-order valence-corrected chi connectivity index (χ2v) is 9.91. The van der Waals surface area contributed by atoms with Crippen molar-refractivity contribution in [1.82, 2.24) is 9.38 Å². The lowest BCUT2D eigenvalue weighted by atomic mass is 9.98. The molecule has 0 saturated carbocycles. The maximum atomic E-state index is 12.7. The fraction of sp³-hybridized carbons (Fsp3) is 0.462. The van der Waals surface area contributed by atoms with Gasteiger partial charge in [0.15, 0.2) is 6.29 Å². The van der Waals surface area contributed by atoms with Gasteiger partial charge >= 0.3 is 0 Å². The molecule has 5 heterocycles. The lowest BCUT2D eigenvalue weighted by Crippen LogP contribution is -2.62. The quantitative estimate of drug-likeness (QED) is 0.129. The normalized spacial score (nSPS) is 35.1. The third-order valence-electron chi connectivity index (χ3n) is 7.48. The average Bonchev–Trinajstić information content (AvgIpc) is 3.31. The summed E-state index contributed by atoms with van der Waals surface area (Å²) in [5, 5.41) is 72.5. The molecule has 214 valence electrons. The predicted octanol–water partition coefficient (Wildman–Crippen LogP) is -2.56. The molecule has 1 aromatic carbocycles. The van der Waals surface area contributed by atoms with E-state index in [0.717, 1.165) is 0 Å². The van der Waals surface area contributed by atoms with Crippen LogP contribution in [0.25, 0.3) is 27.3 Å². The number of hydrogen-bond acceptors (Lipinski definition) is 13. The minimum atomic E-state index is -1.72. The van der Waals surface area contributed by atoms with Crippen LogP contribution >= 0.6 is 0 Å². The van der Waals surface area contributed by atoms with Gasteiger partial charge in [-0.1, -0.05) is 6.07 Å². The average molecular weight is 561 g/mol. The molecule has 10 atom stereocenters. The third-order valence-corrected chi connectivity index (χ3v) is 7.48. The minimum absolute atomic E-state index is 0.231. The first-order valence-corrected chi connectivity index (χ1v) is 12.6. The summed E-state index contributed by atoms with van der Waals surface area (Å²) in [6.07, 6.45) is -13.9. The molecule has 2 fully saturated rings. The molecular formula is C26H28N2O12. The molecule has 7 N–H and O–H groups in total. The van der Waals surface area contributed by atoms with Crippen molar-refractivity contribution >= 4 is 27.3 Å². The first-order valence-electron chi connectivity index (χ1n) is 12.6. The molecule has 0 amide bonds. The summed E-state index contributed by atoms with van der Waals surface area (Å²) in [5.74, 6) is 0.231. The molecule has 0 unspecified atom stereocenters. The van der Waals surface area contributed by atoms with Crippen molar-refractivity contribution in [2.45, 2.75) is 61.4 Å². The first-order chi connectivity index (χ1) is 19.2. The highest BCUT2D eigenvalue weighted by atomic mass is 16.7. The van der Waals surface area contributed by atoms with Crippen LogP contribution in [0.1, 0.15) is 0 Å². The molecular weight excluding hydrogens is 532 g/mol. The molecule has 14 nitrogen and oxygen atoms in total. The Morgan fingerprint density at radius 3 is 2.27 bits per heavy atom. The Bertz CT molecular complexity index is 1560. The topological polar surface area (TPSA) is 213 Å². The Kier molecular flexibility index (Phi) is 7.08. The van der Waals surface area contributed by atoms with Crippen molar-refractivity contribution in [1.29, 1.82) is 0 Å². The molecule has 6 rings (SSSR count). The summed E-state index contributed by atoms with van der Waals surface area (Å²) in [5.41, 5.74) is 1.45. The highest BCUT2D eigenvalue weighted by molar-refractivity contribution is 6.15. The van der Waals surface area contributed by atoms with Gasteiger partial charge in [0.1, 0.15) is 54.6 Å². The van der Waals surface area contributed by atoms with Crippen LogP contribution in [0.15, 0.2) is 47.4 Å². The van der Waals surface area contributed by atoms with Crippen LogP contribution in [-0.4, -0.2) is 120 Å². The van der Waals surface area contributed by atoms with Gasteiger partial charge in [0.05, 0.1) is 35.2 Å². The molecule has 0 aliphatic carbocycles. The standard InChI is InChI=1S/C26H28N2O12/c29-8-14-19(31)21(33)23(35)25(39-14)37-9-15-20(32)22(34)24(36)26(40-15)38-13-3-1-2-12-17(13)10-6-7-27-11-4-5-16(30)28(12)18(10)11/h1-7,14-15,19-26,29,31-36H,8-9H2/t14-,15-,19-,20-,21+,22+,23-,24-,25-,26-/m1/s1. The van der Waals surface area contributed by atoms with E-state index in [2.05, 4.69) is 4.98 Å². The monoisotopic (exact) mass is 560 g/mol. The van der Waals surface area contributed by atoms with Crippen molar-refractivity contribution in [3.8, 4) is 5.75 Å². The molecule has 0 bridgehead atoms. The van der Waals surface area contributed by atoms with Gasteiger partial charge in [-0.2, -0.15) is 0 Å². The highest BCUT2D eigenvalue weighted by Crippen LogP contribution is 2.37. The Balaban J connectivity index is 1.27. The maximum Gasteiger partial charge on any atom is 0.255 e. The number of aliphatic hydroxyl groups excluding tert-OH is 7. The van der Waals surface area contributed by atoms with E-state index in [4.69, 9.17) is 18.9 Å². The second-order valence-electron chi connectivity index (χ2n) is 9.91. The van der Waals surface area contributed by atoms with E-state index >= 15 is 0 Å². The van der Waals surface area contributed by atoms with Gasteiger partial charge in [-0.05, 0) is 24.3 Å². The number of aliphatic hydroxyl groups is 7. The Labute approximate surface area is 225 Å². The van der Waals surface area contributed by atoms with Crippen LogP contribution in [0.4, 0.5) is 0 Å². The predicted molar refractivity (Wildman–Crippen MR) is 135 cm³/mol. The summed E-state index contributed by atoms with van der Waals surface area (Å²) in [7, 11) is 0. The van der Waals surface area contributed by atoms with Crippen LogP contribution in [0.5, 0.6) is 5.75 Å². The number of ether oxygens (including phenoxy) is 4. The summed E-state index contributed by atoms with van der Waals surface area (Å²) >= 11 is 0. The number of nitrogens with zero attached hydrogens (tertiary/aromatic N) is 2. The largest absolute Gasteiger partial charge is 0.461 e. The van der Waals surface area contributed by atoms with Crippen LogP contribution < -0.4 is 10.3 Å². The molecule has 0 spiro atoms. The Hall–Kier alpha value is -3.02. The van der Waals surface area contributed by atoms with Gasteiger partial charge in [-0.3, -0.25) is 14.2 Å². The summed E-state index contributed by atoms with van der Waals surface area (Å²) in [6, 6.07) is 9.75. The molecule has 40 heavy (non-hydrogen) atoms. The van der Waals surface area contributed by atoms with Crippen LogP contribution in [-0.2, 0) is 14.2 Å². The van der Waals surface area contributed by atoms with Gasteiger partial charge in [-0.25, -0.2) is 0 Å². The number of pyridine rings is 2. The molecule has 0 radical (unpaired) electrons.